The Balaban J connectivity index is 2.07. The molecule has 0 fully saturated rings. The van der Waals surface area contributed by atoms with Crippen LogP contribution in [0.15, 0.2) is 48.8 Å². The second-order valence-corrected chi connectivity index (χ2v) is 4.25. The quantitative estimate of drug-likeness (QED) is 0.799. The van der Waals surface area contributed by atoms with Gasteiger partial charge in [-0.2, -0.15) is 0 Å². The Morgan fingerprint density at radius 2 is 1.95 bits per heavy atom. The third kappa shape index (κ3) is 2.51. The molecular weight excluding hydrogens is 275 g/mol. The van der Waals surface area contributed by atoms with E-state index >= 15 is 0 Å². The molecule has 1 aromatic heterocycles. The summed E-state index contributed by atoms with van der Waals surface area (Å²) in [6, 6.07) is 10.3. The normalized spacial score (nSPS) is 10.5. The van der Waals surface area contributed by atoms with Crippen LogP contribution in [-0.2, 0) is 0 Å². The van der Waals surface area contributed by atoms with Gasteiger partial charge in [-0.3, -0.25) is 0 Å². The zero-order valence-electron chi connectivity index (χ0n) is 10.7. The standard InChI is InChI=1S/C15H9FN2O3/c16-11-3-1-2-4-13(11)21-14-10-6-5-9(15(19)20)7-12(10)17-8-18-14/h1-8H,(H,19,20). The van der Waals surface area contributed by atoms with Gasteiger partial charge in [-0.05, 0) is 30.3 Å². The number of fused-ring (bicyclic) bond motifs is 1. The van der Waals surface area contributed by atoms with Crippen LogP contribution in [0.5, 0.6) is 11.6 Å². The molecule has 0 bridgehead atoms. The van der Waals surface area contributed by atoms with Crippen molar-refractivity contribution in [3.8, 4) is 11.6 Å². The molecule has 0 aliphatic heterocycles. The highest BCUT2D eigenvalue weighted by Gasteiger charge is 2.11. The number of halogens is 1. The molecule has 0 spiro atoms. The lowest BCUT2D eigenvalue weighted by Crippen LogP contribution is -1.98. The molecule has 5 nitrogen and oxygen atoms in total. The average Bonchev–Trinajstić information content (AvgIpc) is 2.49. The van der Waals surface area contributed by atoms with Crippen LogP contribution in [0.3, 0.4) is 0 Å². The number of aromatic carboxylic acids is 1. The van der Waals surface area contributed by atoms with Gasteiger partial charge in [0.2, 0.25) is 5.88 Å². The molecule has 21 heavy (non-hydrogen) atoms. The predicted molar refractivity (Wildman–Crippen MR) is 73.0 cm³/mol. The van der Waals surface area contributed by atoms with E-state index in [-0.39, 0.29) is 17.2 Å². The van der Waals surface area contributed by atoms with Gasteiger partial charge < -0.3 is 9.84 Å². The number of para-hydroxylation sites is 1. The van der Waals surface area contributed by atoms with Gasteiger partial charge in [0.25, 0.3) is 0 Å². The summed E-state index contributed by atoms with van der Waals surface area (Å²) in [4.78, 5) is 18.9. The lowest BCUT2D eigenvalue weighted by atomic mass is 10.1. The molecule has 0 amide bonds. The summed E-state index contributed by atoms with van der Waals surface area (Å²) in [5, 5.41) is 9.47. The number of aromatic nitrogens is 2. The molecule has 104 valence electrons. The minimum Gasteiger partial charge on any atom is -0.478 e. The fourth-order valence-electron chi connectivity index (χ4n) is 1.88. The Bertz CT molecular complexity index is 836. The molecule has 2 aromatic carbocycles. The van der Waals surface area contributed by atoms with E-state index in [1.54, 1.807) is 12.1 Å². The van der Waals surface area contributed by atoms with Crippen molar-refractivity contribution in [2.75, 3.05) is 0 Å². The van der Waals surface area contributed by atoms with Crippen molar-refractivity contribution in [1.82, 2.24) is 9.97 Å². The lowest BCUT2D eigenvalue weighted by Gasteiger charge is -2.08. The summed E-state index contributed by atoms with van der Waals surface area (Å²) in [6.07, 6.45) is 1.24. The lowest BCUT2D eigenvalue weighted by molar-refractivity contribution is 0.0697. The highest BCUT2D eigenvalue weighted by atomic mass is 19.1. The molecule has 1 heterocycles. The van der Waals surface area contributed by atoms with Crippen LogP contribution in [-0.4, -0.2) is 21.0 Å². The van der Waals surface area contributed by atoms with Crippen LogP contribution < -0.4 is 4.74 Å². The first-order valence-electron chi connectivity index (χ1n) is 6.05. The van der Waals surface area contributed by atoms with Gasteiger partial charge in [-0.1, -0.05) is 12.1 Å². The fourth-order valence-corrected chi connectivity index (χ4v) is 1.88. The minimum atomic E-state index is -1.05. The van der Waals surface area contributed by atoms with Gasteiger partial charge >= 0.3 is 5.97 Å². The Morgan fingerprint density at radius 3 is 2.71 bits per heavy atom. The highest BCUT2D eigenvalue weighted by molar-refractivity contribution is 5.94. The number of carboxylic acids is 1. The number of carboxylic acid groups (broad SMARTS) is 1. The number of benzene rings is 2. The molecule has 0 unspecified atom stereocenters. The van der Waals surface area contributed by atoms with E-state index in [0.29, 0.717) is 10.9 Å². The monoisotopic (exact) mass is 284 g/mol. The number of hydrogen-bond acceptors (Lipinski definition) is 4. The van der Waals surface area contributed by atoms with E-state index in [9.17, 15) is 9.18 Å². The number of hydrogen-bond donors (Lipinski definition) is 1. The second-order valence-electron chi connectivity index (χ2n) is 4.25. The molecule has 0 aliphatic rings. The molecule has 3 rings (SSSR count). The fraction of sp³-hybridized carbons (Fsp3) is 0. The third-order valence-electron chi connectivity index (χ3n) is 2.89. The summed E-state index contributed by atoms with van der Waals surface area (Å²) >= 11 is 0. The topological polar surface area (TPSA) is 72.3 Å². The van der Waals surface area contributed by atoms with E-state index in [1.807, 2.05) is 0 Å². The van der Waals surface area contributed by atoms with E-state index in [1.165, 1.54) is 36.7 Å². The Morgan fingerprint density at radius 1 is 1.14 bits per heavy atom. The van der Waals surface area contributed by atoms with Crippen molar-refractivity contribution in [1.29, 1.82) is 0 Å². The first kappa shape index (κ1) is 13.0. The van der Waals surface area contributed by atoms with Gasteiger partial charge in [-0.25, -0.2) is 19.2 Å². The summed E-state index contributed by atoms with van der Waals surface area (Å²) < 4.78 is 19.0. The molecule has 0 radical (unpaired) electrons. The zero-order chi connectivity index (χ0) is 14.8. The van der Waals surface area contributed by atoms with Gasteiger partial charge in [0, 0.05) is 0 Å². The Kier molecular flexibility index (Phi) is 3.19. The Hall–Kier alpha value is -3.02. The molecule has 3 aromatic rings. The smallest absolute Gasteiger partial charge is 0.335 e. The van der Waals surface area contributed by atoms with Crippen molar-refractivity contribution in [3.05, 3.63) is 60.2 Å². The second kappa shape index (κ2) is 5.16. The molecule has 0 saturated heterocycles. The first-order chi connectivity index (χ1) is 10.1. The summed E-state index contributed by atoms with van der Waals surface area (Å²) in [7, 11) is 0. The van der Waals surface area contributed by atoms with E-state index in [0.717, 1.165) is 0 Å². The average molecular weight is 284 g/mol. The molecule has 0 atom stereocenters. The molecule has 1 N–H and O–H groups in total. The van der Waals surface area contributed by atoms with Crippen LogP contribution >= 0.6 is 0 Å². The predicted octanol–water partition coefficient (Wildman–Crippen LogP) is 3.26. The maximum atomic E-state index is 13.6. The van der Waals surface area contributed by atoms with Crippen molar-refractivity contribution < 1.29 is 19.0 Å². The number of ether oxygens (including phenoxy) is 1. The van der Waals surface area contributed by atoms with Gasteiger partial charge in [0.05, 0.1) is 16.5 Å². The largest absolute Gasteiger partial charge is 0.478 e. The van der Waals surface area contributed by atoms with Crippen LogP contribution in [0.1, 0.15) is 10.4 Å². The third-order valence-corrected chi connectivity index (χ3v) is 2.89. The molecule has 0 aliphatic carbocycles. The first-order valence-corrected chi connectivity index (χ1v) is 6.05. The molecular formula is C15H9FN2O3. The number of rotatable bonds is 3. The van der Waals surface area contributed by atoms with Crippen LogP contribution in [0.25, 0.3) is 10.9 Å². The van der Waals surface area contributed by atoms with Crippen molar-refractivity contribution >= 4 is 16.9 Å². The van der Waals surface area contributed by atoms with Crippen molar-refractivity contribution in [2.45, 2.75) is 0 Å². The van der Waals surface area contributed by atoms with Crippen LogP contribution in [0.4, 0.5) is 4.39 Å². The number of carbonyl (C=O) groups is 1. The molecule has 0 saturated carbocycles. The Labute approximate surface area is 118 Å². The van der Waals surface area contributed by atoms with Gasteiger partial charge in [-0.15, -0.1) is 0 Å². The van der Waals surface area contributed by atoms with Gasteiger partial charge in [0.1, 0.15) is 6.33 Å². The van der Waals surface area contributed by atoms with Crippen molar-refractivity contribution in [2.24, 2.45) is 0 Å². The minimum absolute atomic E-state index is 0.0415. The van der Waals surface area contributed by atoms with Crippen LogP contribution in [0, 0.1) is 5.82 Å². The number of nitrogens with zero attached hydrogens (tertiary/aromatic N) is 2. The highest BCUT2D eigenvalue weighted by Crippen LogP contribution is 2.28. The van der Waals surface area contributed by atoms with Crippen LogP contribution in [0.2, 0.25) is 0 Å². The summed E-state index contributed by atoms with van der Waals surface area (Å²) in [6.45, 7) is 0. The summed E-state index contributed by atoms with van der Waals surface area (Å²) in [5.41, 5.74) is 0.522. The SMILES string of the molecule is O=C(O)c1ccc2c(Oc3ccccc3F)ncnc2c1. The zero-order valence-corrected chi connectivity index (χ0v) is 10.7. The summed E-state index contributed by atoms with van der Waals surface area (Å²) in [5.74, 6) is -1.35. The van der Waals surface area contributed by atoms with E-state index in [2.05, 4.69) is 9.97 Å². The molecule has 6 heteroatoms. The van der Waals surface area contributed by atoms with Gasteiger partial charge in [0.15, 0.2) is 11.6 Å². The van der Waals surface area contributed by atoms with Crippen molar-refractivity contribution in [3.63, 3.8) is 0 Å². The maximum absolute atomic E-state index is 13.6. The van der Waals surface area contributed by atoms with E-state index < -0.39 is 11.8 Å². The maximum Gasteiger partial charge on any atom is 0.335 e. The van der Waals surface area contributed by atoms with E-state index in [4.69, 9.17) is 9.84 Å².